The Bertz CT molecular complexity index is 305. The van der Waals surface area contributed by atoms with Gasteiger partial charge in [0.05, 0.1) is 12.1 Å². The molecule has 2 aliphatic rings. The van der Waals surface area contributed by atoms with Crippen LogP contribution in [0.3, 0.4) is 0 Å². The fourth-order valence-electron chi connectivity index (χ4n) is 2.63. The van der Waals surface area contributed by atoms with E-state index in [-0.39, 0.29) is 5.91 Å². The maximum Gasteiger partial charge on any atom is 0.242 e. The van der Waals surface area contributed by atoms with Crippen molar-refractivity contribution in [3.05, 3.63) is 0 Å². The van der Waals surface area contributed by atoms with Crippen molar-refractivity contribution in [2.24, 2.45) is 5.73 Å². The van der Waals surface area contributed by atoms with E-state index >= 15 is 0 Å². The molecule has 0 spiro atoms. The molecule has 1 aliphatic carbocycles. The van der Waals surface area contributed by atoms with Crippen molar-refractivity contribution in [1.29, 1.82) is 0 Å². The monoisotopic (exact) mass is 255 g/mol. The number of hydrogen-bond donors (Lipinski definition) is 1. The van der Waals surface area contributed by atoms with Crippen LogP contribution in [-0.2, 0) is 9.53 Å². The lowest BCUT2D eigenvalue weighted by Crippen LogP contribution is -2.58. The number of methoxy groups -OCH3 is 1. The molecule has 0 aromatic heterocycles. The van der Waals surface area contributed by atoms with E-state index in [4.69, 9.17) is 10.5 Å². The van der Waals surface area contributed by atoms with Crippen molar-refractivity contribution >= 4 is 5.91 Å². The number of hydrogen-bond acceptors (Lipinski definition) is 4. The molecule has 0 aromatic rings. The Labute approximate surface area is 109 Å². The summed E-state index contributed by atoms with van der Waals surface area (Å²) in [5, 5.41) is 0. The summed E-state index contributed by atoms with van der Waals surface area (Å²) in [6.45, 7) is 6.43. The second kappa shape index (κ2) is 5.55. The first-order valence-electron chi connectivity index (χ1n) is 6.92. The zero-order valence-corrected chi connectivity index (χ0v) is 11.5. The molecule has 0 radical (unpaired) electrons. The summed E-state index contributed by atoms with van der Waals surface area (Å²) in [5.41, 5.74) is 5.48. The highest BCUT2D eigenvalue weighted by atomic mass is 16.5. The molecule has 18 heavy (non-hydrogen) atoms. The first kappa shape index (κ1) is 13.8. The predicted molar refractivity (Wildman–Crippen MR) is 70.3 cm³/mol. The summed E-state index contributed by atoms with van der Waals surface area (Å²) < 4.78 is 5.13. The SMILES string of the molecule is CCC1CN(C(=O)C2(N)CC2)CCN1CCOC. The van der Waals surface area contributed by atoms with E-state index < -0.39 is 5.54 Å². The van der Waals surface area contributed by atoms with Crippen LogP contribution in [0.4, 0.5) is 0 Å². The van der Waals surface area contributed by atoms with Crippen LogP contribution in [0.1, 0.15) is 26.2 Å². The van der Waals surface area contributed by atoms with Gasteiger partial charge in [-0.3, -0.25) is 9.69 Å². The predicted octanol–water partition coefficient (Wildman–Crippen LogP) is 0.0469. The number of carbonyl (C=O) groups excluding carboxylic acids is 1. The van der Waals surface area contributed by atoms with E-state index in [1.807, 2.05) is 4.90 Å². The highest BCUT2D eigenvalue weighted by Gasteiger charge is 2.49. The third kappa shape index (κ3) is 2.84. The van der Waals surface area contributed by atoms with E-state index in [0.29, 0.717) is 6.04 Å². The minimum atomic E-state index is -0.521. The third-order valence-electron chi connectivity index (χ3n) is 4.16. The number of nitrogens with two attached hydrogens (primary N) is 1. The molecule has 2 fully saturated rings. The Hall–Kier alpha value is -0.650. The van der Waals surface area contributed by atoms with E-state index in [1.165, 1.54) is 0 Å². The number of nitrogens with zero attached hydrogens (tertiary/aromatic N) is 2. The van der Waals surface area contributed by atoms with Gasteiger partial charge in [0, 0.05) is 39.3 Å². The zero-order chi connectivity index (χ0) is 13.2. The minimum Gasteiger partial charge on any atom is -0.383 e. The fraction of sp³-hybridized carbons (Fsp3) is 0.923. The van der Waals surface area contributed by atoms with E-state index in [0.717, 1.165) is 52.0 Å². The van der Waals surface area contributed by atoms with Crippen LogP contribution in [-0.4, -0.2) is 67.2 Å². The third-order valence-corrected chi connectivity index (χ3v) is 4.16. The Morgan fingerprint density at radius 1 is 1.44 bits per heavy atom. The molecule has 5 nitrogen and oxygen atoms in total. The summed E-state index contributed by atoms with van der Waals surface area (Å²) in [7, 11) is 1.73. The van der Waals surface area contributed by atoms with Crippen molar-refractivity contribution in [3.8, 4) is 0 Å². The van der Waals surface area contributed by atoms with Crippen LogP contribution in [0.2, 0.25) is 0 Å². The molecule has 1 amide bonds. The number of piperazine rings is 1. The van der Waals surface area contributed by atoms with Crippen molar-refractivity contribution in [2.45, 2.75) is 37.8 Å². The normalized spacial score (nSPS) is 27.3. The second-order valence-electron chi connectivity index (χ2n) is 5.50. The summed E-state index contributed by atoms with van der Waals surface area (Å²) in [5.74, 6) is 0.160. The maximum absolute atomic E-state index is 12.2. The molecule has 5 heteroatoms. The summed E-state index contributed by atoms with van der Waals surface area (Å²) >= 11 is 0. The highest BCUT2D eigenvalue weighted by molar-refractivity contribution is 5.89. The van der Waals surface area contributed by atoms with Crippen molar-refractivity contribution in [1.82, 2.24) is 9.80 Å². The molecule has 104 valence electrons. The first-order chi connectivity index (χ1) is 8.60. The minimum absolute atomic E-state index is 0.160. The van der Waals surface area contributed by atoms with Gasteiger partial charge < -0.3 is 15.4 Å². The lowest BCUT2D eigenvalue weighted by atomic mass is 10.1. The van der Waals surface area contributed by atoms with Crippen molar-refractivity contribution in [2.75, 3.05) is 39.9 Å². The smallest absolute Gasteiger partial charge is 0.242 e. The van der Waals surface area contributed by atoms with Crippen molar-refractivity contribution in [3.63, 3.8) is 0 Å². The van der Waals surface area contributed by atoms with Crippen LogP contribution < -0.4 is 5.73 Å². The van der Waals surface area contributed by atoms with Gasteiger partial charge in [-0.1, -0.05) is 6.92 Å². The fourth-order valence-corrected chi connectivity index (χ4v) is 2.63. The molecule has 1 atom stereocenters. The molecule has 2 rings (SSSR count). The lowest BCUT2D eigenvalue weighted by Gasteiger charge is -2.42. The number of rotatable bonds is 5. The number of amides is 1. The average molecular weight is 255 g/mol. The van der Waals surface area contributed by atoms with Crippen LogP contribution in [0, 0.1) is 0 Å². The Morgan fingerprint density at radius 2 is 2.17 bits per heavy atom. The standard InChI is InChI=1S/C13H25N3O2/c1-3-11-10-16(12(17)13(14)4-5-13)7-6-15(11)8-9-18-2/h11H,3-10,14H2,1-2H3. The van der Waals surface area contributed by atoms with Gasteiger partial charge in [-0.2, -0.15) is 0 Å². The van der Waals surface area contributed by atoms with Gasteiger partial charge in [0.25, 0.3) is 0 Å². The summed E-state index contributed by atoms with van der Waals surface area (Å²) in [4.78, 5) is 16.6. The molecule has 1 saturated heterocycles. The lowest BCUT2D eigenvalue weighted by molar-refractivity contribution is -0.136. The van der Waals surface area contributed by atoms with Gasteiger partial charge in [-0.05, 0) is 19.3 Å². The molecule has 1 aliphatic heterocycles. The van der Waals surface area contributed by atoms with E-state index in [2.05, 4.69) is 11.8 Å². The van der Waals surface area contributed by atoms with Gasteiger partial charge in [0.2, 0.25) is 5.91 Å². The molecular weight excluding hydrogens is 230 g/mol. The van der Waals surface area contributed by atoms with Gasteiger partial charge in [0.15, 0.2) is 0 Å². The van der Waals surface area contributed by atoms with E-state index in [1.54, 1.807) is 7.11 Å². The number of ether oxygens (including phenoxy) is 1. The topological polar surface area (TPSA) is 58.8 Å². The quantitative estimate of drug-likeness (QED) is 0.754. The second-order valence-corrected chi connectivity index (χ2v) is 5.50. The Balaban J connectivity index is 1.89. The van der Waals surface area contributed by atoms with Gasteiger partial charge in [-0.25, -0.2) is 0 Å². The molecule has 2 N–H and O–H groups in total. The van der Waals surface area contributed by atoms with Crippen LogP contribution in [0.25, 0.3) is 0 Å². The highest BCUT2D eigenvalue weighted by Crippen LogP contribution is 2.34. The molecule has 0 aromatic carbocycles. The Morgan fingerprint density at radius 3 is 2.72 bits per heavy atom. The first-order valence-corrected chi connectivity index (χ1v) is 6.92. The number of carbonyl (C=O) groups is 1. The van der Waals surface area contributed by atoms with Gasteiger partial charge >= 0.3 is 0 Å². The van der Waals surface area contributed by atoms with E-state index in [9.17, 15) is 4.79 Å². The largest absolute Gasteiger partial charge is 0.383 e. The molecule has 1 unspecified atom stereocenters. The molecule has 0 bridgehead atoms. The summed E-state index contributed by atoms with van der Waals surface area (Å²) in [6.07, 6.45) is 2.77. The zero-order valence-electron chi connectivity index (χ0n) is 11.5. The molecule has 1 saturated carbocycles. The average Bonchev–Trinajstić information content (AvgIpc) is 3.14. The van der Waals surface area contributed by atoms with Crippen LogP contribution in [0.15, 0.2) is 0 Å². The van der Waals surface area contributed by atoms with Gasteiger partial charge in [0.1, 0.15) is 0 Å². The van der Waals surface area contributed by atoms with Crippen LogP contribution in [0.5, 0.6) is 0 Å². The molecular formula is C13H25N3O2. The van der Waals surface area contributed by atoms with Gasteiger partial charge in [-0.15, -0.1) is 0 Å². The van der Waals surface area contributed by atoms with Crippen LogP contribution >= 0.6 is 0 Å². The summed E-state index contributed by atoms with van der Waals surface area (Å²) in [6, 6.07) is 0.445. The Kier molecular flexibility index (Phi) is 4.25. The molecule has 1 heterocycles. The van der Waals surface area contributed by atoms with Crippen molar-refractivity contribution < 1.29 is 9.53 Å². The maximum atomic E-state index is 12.2.